The van der Waals surface area contributed by atoms with Gasteiger partial charge in [-0.1, -0.05) is 18.2 Å². The summed E-state index contributed by atoms with van der Waals surface area (Å²) in [5.41, 5.74) is 2.54. The van der Waals surface area contributed by atoms with Crippen LogP contribution in [0.1, 0.15) is 16.7 Å². The third-order valence-electron chi connectivity index (χ3n) is 3.40. The first kappa shape index (κ1) is 15.1. The van der Waals surface area contributed by atoms with Gasteiger partial charge in [-0.3, -0.25) is 4.31 Å². The van der Waals surface area contributed by atoms with E-state index < -0.39 is 10.0 Å². The average molecular weight is 300 g/mol. The normalized spacial score (nSPS) is 11.0. The van der Waals surface area contributed by atoms with Crippen molar-refractivity contribution in [1.82, 2.24) is 0 Å². The summed E-state index contributed by atoms with van der Waals surface area (Å²) in [7, 11) is -2.11. The van der Waals surface area contributed by atoms with Crippen molar-refractivity contribution in [2.24, 2.45) is 0 Å². The Balaban J connectivity index is 2.53. The fourth-order valence-corrected chi connectivity index (χ4v) is 3.67. The summed E-state index contributed by atoms with van der Waals surface area (Å²) in [6.07, 6.45) is 0. The third kappa shape index (κ3) is 2.76. The Kier molecular flexibility index (Phi) is 4.01. The number of nitriles is 1. The summed E-state index contributed by atoms with van der Waals surface area (Å²) < 4.78 is 26.8. The first-order chi connectivity index (χ1) is 9.87. The van der Waals surface area contributed by atoms with Crippen molar-refractivity contribution in [3.8, 4) is 6.07 Å². The molecule has 0 aliphatic rings. The van der Waals surface area contributed by atoms with Crippen LogP contribution in [0.5, 0.6) is 0 Å². The molecule has 21 heavy (non-hydrogen) atoms. The molecule has 0 unspecified atom stereocenters. The van der Waals surface area contributed by atoms with Gasteiger partial charge in [-0.25, -0.2) is 8.42 Å². The molecule has 0 aliphatic carbocycles. The number of hydrogen-bond acceptors (Lipinski definition) is 3. The van der Waals surface area contributed by atoms with Crippen LogP contribution < -0.4 is 4.31 Å². The Labute approximate surface area is 125 Å². The molecule has 0 spiro atoms. The van der Waals surface area contributed by atoms with Gasteiger partial charge in [-0.05, 0) is 49.2 Å². The molecule has 0 radical (unpaired) electrons. The largest absolute Gasteiger partial charge is 0.269 e. The molecule has 0 amide bonds. The molecule has 5 heteroatoms. The maximum absolute atomic E-state index is 12.7. The second kappa shape index (κ2) is 5.58. The number of anilines is 1. The van der Waals surface area contributed by atoms with E-state index in [9.17, 15) is 8.42 Å². The predicted molar refractivity (Wildman–Crippen MR) is 82.7 cm³/mol. The third-order valence-corrected chi connectivity index (χ3v) is 5.33. The minimum Gasteiger partial charge on any atom is -0.269 e. The Morgan fingerprint density at radius 2 is 1.71 bits per heavy atom. The van der Waals surface area contributed by atoms with E-state index in [1.54, 1.807) is 25.1 Å². The molecule has 2 rings (SSSR count). The minimum atomic E-state index is -3.65. The Hall–Kier alpha value is -2.32. The molecule has 0 N–H and O–H groups in total. The minimum absolute atomic E-state index is 0.215. The van der Waals surface area contributed by atoms with Crippen LogP contribution >= 0.6 is 0 Å². The van der Waals surface area contributed by atoms with Crippen LogP contribution in [-0.2, 0) is 10.0 Å². The van der Waals surface area contributed by atoms with Gasteiger partial charge in [0.15, 0.2) is 0 Å². The van der Waals surface area contributed by atoms with Crippen LogP contribution in [0.4, 0.5) is 5.69 Å². The predicted octanol–water partition coefficient (Wildman–Crippen LogP) is 3.00. The van der Waals surface area contributed by atoms with Crippen molar-refractivity contribution < 1.29 is 8.42 Å². The molecule has 108 valence electrons. The lowest BCUT2D eigenvalue weighted by Crippen LogP contribution is -2.27. The lowest BCUT2D eigenvalue weighted by Gasteiger charge is -2.22. The number of para-hydroxylation sites is 1. The van der Waals surface area contributed by atoms with Crippen LogP contribution in [0, 0.1) is 25.2 Å². The zero-order valence-electron chi connectivity index (χ0n) is 12.2. The van der Waals surface area contributed by atoms with E-state index in [2.05, 4.69) is 0 Å². The standard InChI is InChI=1S/C16H16N2O2S/c1-12-6-4-5-7-15(12)18(3)21(19,20)16-9-8-14(11-17)10-13(16)2/h4-10H,1-3H3. The SMILES string of the molecule is Cc1ccccc1N(C)S(=O)(=O)c1ccc(C#N)cc1C. The monoisotopic (exact) mass is 300 g/mol. The molecule has 0 heterocycles. The zero-order chi connectivity index (χ0) is 15.6. The lowest BCUT2D eigenvalue weighted by molar-refractivity contribution is 0.593. The fourth-order valence-electron chi connectivity index (χ4n) is 2.20. The van der Waals surface area contributed by atoms with Crippen molar-refractivity contribution in [2.45, 2.75) is 18.7 Å². The molecule has 0 aromatic heterocycles. The molecule has 0 saturated heterocycles. The van der Waals surface area contributed by atoms with Crippen molar-refractivity contribution >= 4 is 15.7 Å². The van der Waals surface area contributed by atoms with Gasteiger partial charge in [0.1, 0.15) is 0 Å². The molecule has 0 fully saturated rings. The van der Waals surface area contributed by atoms with Crippen LogP contribution in [0.3, 0.4) is 0 Å². The van der Waals surface area contributed by atoms with Crippen molar-refractivity contribution in [2.75, 3.05) is 11.4 Å². The van der Waals surface area contributed by atoms with E-state index in [1.807, 2.05) is 25.1 Å². The van der Waals surface area contributed by atoms with Crippen LogP contribution in [-0.4, -0.2) is 15.5 Å². The second-order valence-corrected chi connectivity index (χ2v) is 6.79. The highest BCUT2D eigenvalue weighted by Crippen LogP contribution is 2.26. The summed E-state index contributed by atoms with van der Waals surface area (Å²) in [5.74, 6) is 0. The highest BCUT2D eigenvalue weighted by molar-refractivity contribution is 7.92. The number of benzene rings is 2. The van der Waals surface area contributed by atoms with Gasteiger partial charge >= 0.3 is 0 Å². The maximum atomic E-state index is 12.7. The van der Waals surface area contributed by atoms with Gasteiger partial charge in [0.2, 0.25) is 0 Å². The van der Waals surface area contributed by atoms with Crippen molar-refractivity contribution in [1.29, 1.82) is 5.26 Å². The quantitative estimate of drug-likeness (QED) is 0.875. The van der Waals surface area contributed by atoms with Gasteiger partial charge in [-0.15, -0.1) is 0 Å². The summed E-state index contributed by atoms with van der Waals surface area (Å²) in [6, 6.07) is 13.9. The van der Waals surface area contributed by atoms with Gasteiger partial charge in [0.25, 0.3) is 10.0 Å². The van der Waals surface area contributed by atoms with E-state index in [0.717, 1.165) is 5.56 Å². The number of aryl methyl sites for hydroxylation is 2. The van der Waals surface area contributed by atoms with Gasteiger partial charge < -0.3 is 0 Å². The van der Waals surface area contributed by atoms with Gasteiger partial charge in [0, 0.05) is 7.05 Å². The second-order valence-electron chi connectivity index (χ2n) is 4.85. The molecular formula is C16H16N2O2S. The van der Waals surface area contributed by atoms with Crippen molar-refractivity contribution in [3.63, 3.8) is 0 Å². The molecule has 0 bridgehead atoms. The zero-order valence-corrected chi connectivity index (χ0v) is 13.0. The average Bonchev–Trinajstić information content (AvgIpc) is 2.46. The number of sulfonamides is 1. The highest BCUT2D eigenvalue weighted by atomic mass is 32.2. The molecule has 2 aromatic carbocycles. The van der Waals surface area contributed by atoms with Gasteiger partial charge in [-0.2, -0.15) is 5.26 Å². The summed E-state index contributed by atoms with van der Waals surface area (Å²) >= 11 is 0. The summed E-state index contributed by atoms with van der Waals surface area (Å²) in [5, 5.41) is 8.87. The van der Waals surface area contributed by atoms with Crippen LogP contribution in [0.25, 0.3) is 0 Å². The number of hydrogen-bond donors (Lipinski definition) is 0. The lowest BCUT2D eigenvalue weighted by atomic mass is 10.2. The van der Waals surface area contributed by atoms with Crippen molar-refractivity contribution in [3.05, 3.63) is 59.2 Å². The molecule has 2 aromatic rings. The molecule has 0 aliphatic heterocycles. The smallest absolute Gasteiger partial charge is 0.264 e. The first-order valence-electron chi connectivity index (χ1n) is 6.43. The van der Waals surface area contributed by atoms with E-state index in [1.165, 1.54) is 23.5 Å². The van der Waals surface area contributed by atoms with E-state index >= 15 is 0 Å². The molecular weight excluding hydrogens is 284 g/mol. The van der Waals surface area contributed by atoms with Crippen LogP contribution in [0.15, 0.2) is 47.4 Å². The number of nitrogens with zero attached hydrogens (tertiary/aromatic N) is 2. The van der Waals surface area contributed by atoms with E-state index in [-0.39, 0.29) is 4.90 Å². The molecule has 0 atom stereocenters. The summed E-state index contributed by atoms with van der Waals surface area (Å²) in [6.45, 7) is 3.56. The molecule has 4 nitrogen and oxygen atoms in total. The highest BCUT2D eigenvalue weighted by Gasteiger charge is 2.24. The Bertz CT molecular complexity index is 820. The number of rotatable bonds is 3. The topological polar surface area (TPSA) is 61.2 Å². The maximum Gasteiger partial charge on any atom is 0.264 e. The first-order valence-corrected chi connectivity index (χ1v) is 7.87. The summed E-state index contributed by atoms with van der Waals surface area (Å²) in [4.78, 5) is 0.215. The Morgan fingerprint density at radius 1 is 1.05 bits per heavy atom. The van der Waals surface area contributed by atoms with Crippen LogP contribution in [0.2, 0.25) is 0 Å². The van der Waals surface area contributed by atoms with E-state index in [4.69, 9.17) is 5.26 Å². The molecule has 0 saturated carbocycles. The van der Waals surface area contributed by atoms with Gasteiger partial charge in [0.05, 0.1) is 22.2 Å². The Morgan fingerprint density at radius 3 is 2.29 bits per heavy atom. The van der Waals surface area contributed by atoms with E-state index in [0.29, 0.717) is 16.8 Å². The fraction of sp³-hybridized carbons (Fsp3) is 0.188.